The Morgan fingerprint density at radius 3 is 2.50 bits per heavy atom. The minimum absolute atomic E-state index is 0. The SMILES string of the molecule is CCNC(=NCc1ccc2cc(OC)ccc2c1)NCCNC(=O)C1CC1.I. The van der Waals surface area contributed by atoms with Gasteiger partial charge in [-0.3, -0.25) is 4.79 Å². The Balaban J connectivity index is 0.00000280. The number of halogens is 1. The van der Waals surface area contributed by atoms with E-state index in [1.54, 1.807) is 7.11 Å². The van der Waals surface area contributed by atoms with Crippen molar-refractivity contribution in [3.05, 3.63) is 42.0 Å². The monoisotopic (exact) mass is 496 g/mol. The first kappa shape index (κ1) is 22.3. The smallest absolute Gasteiger partial charge is 0.223 e. The number of carbonyl (C=O) groups excluding carboxylic acids is 1. The van der Waals surface area contributed by atoms with Crippen molar-refractivity contribution in [2.45, 2.75) is 26.3 Å². The highest BCUT2D eigenvalue weighted by Gasteiger charge is 2.28. The summed E-state index contributed by atoms with van der Waals surface area (Å²) < 4.78 is 5.27. The molecule has 0 atom stereocenters. The molecule has 1 saturated carbocycles. The lowest BCUT2D eigenvalue weighted by Gasteiger charge is -2.12. The van der Waals surface area contributed by atoms with E-state index in [2.05, 4.69) is 45.2 Å². The number of ether oxygens (including phenoxy) is 1. The van der Waals surface area contributed by atoms with Gasteiger partial charge in [-0.1, -0.05) is 18.2 Å². The summed E-state index contributed by atoms with van der Waals surface area (Å²) in [5.41, 5.74) is 1.15. The van der Waals surface area contributed by atoms with Crippen LogP contribution in [0.15, 0.2) is 41.4 Å². The zero-order valence-corrected chi connectivity index (χ0v) is 18.8. The molecule has 28 heavy (non-hydrogen) atoms. The number of fused-ring (bicyclic) bond motifs is 1. The second-order valence-electron chi connectivity index (χ2n) is 6.73. The van der Waals surface area contributed by atoms with E-state index in [1.165, 1.54) is 5.39 Å². The molecule has 3 N–H and O–H groups in total. The summed E-state index contributed by atoms with van der Waals surface area (Å²) in [7, 11) is 1.68. The standard InChI is InChI=1S/C21H28N4O2.HI/c1-3-22-21(24-11-10-23-20(26)16-6-7-16)25-14-15-4-5-18-13-19(27-2)9-8-17(18)12-15;/h4-5,8-9,12-13,16H,3,6-7,10-11,14H2,1-2H3,(H,23,26)(H2,22,24,25);1H. The van der Waals surface area contributed by atoms with Gasteiger partial charge in [-0.2, -0.15) is 0 Å². The summed E-state index contributed by atoms with van der Waals surface area (Å²) in [4.78, 5) is 16.3. The third-order valence-corrected chi connectivity index (χ3v) is 4.54. The number of amides is 1. The number of guanidine groups is 1. The van der Waals surface area contributed by atoms with Gasteiger partial charge in [0.2, 0.25) is 5.91 Å². The van der Waals surface area contributed by atoms with Crippen LogP contribution in [0, 0.1) is 5.92 Å². The van der Waals surface area contributed by atoms with Crippen molar-refractivity contribution in [1.82, 2.24) is 16.0 Å². The van der Waals surface area contributed by atoms with E-state index in [0.29, 0.717) is 19.6 Å². The molecule has 0 heterocycles. The highest BCUT2D eigenvalue weighted by Crippen LogP contribution is 2.28. The molecular weight excluding hydrogens is 467 g/mol. The molecular formula is C21H29IN4O2. The van der Waals surface area contributed by atoms with Crippen LogP contribution in [0.2, 0.25) is 0 Å². The first-order valence-corrected chi connectivity index (χ1v) is 9.56. The van der Waals surface area contributed by atoms with E-state index >= 15 is 0 Å². The number of nitrogens with one attached hydrogen (secondary N) is 3. The van der Waals surface area contributed by atoms with Gasteiger partial charge >= 0.3 is 0 Å². The van der Waals surface area contributed by atoms with Crippen molar-refractivity contribution in [1.29, 1.82) is 0 Å². The summed E-state index contributed by atoms with van der Waals surface area (Å²) in [6, 6.07) is 12.4. The molecule has 1 aliphatic rings. The maximum absolute atomic E-state index is 11.6. The van der Waals surface area contributed by atoms with Crippen LogP contribution in [0.4, 0.5) is 0 Å². The minimum atomic E-state index is 0. The third kappa shape index (κ3) is 6.54. The van der Waals surface area contributed by atoms with Crippen LogP contribution in [0.5, 0.6) is 5.75 Å². The maximum atomic E-state index is 11.6. The van der Waals surface area contributed by atoms with Gasteiger partial charge in [0.1, 0.15) is 5.75 Å². The molecule has 2 aromatic rings. The van der Waals surface area contributed by atoms with Crippen molar-refractivity contribution < 1.29 is 9.53 Å². The van der Waals surface area contributed by atoms with Gasteiger partial charge in [-0.25, -0.2) is 4.99 Å². The Hall–Kier alpha value is -2.03. The fourth-order valence-electron chi connectivity index (χ4n) is 2.87. The van der Waals surface area contributed by atoms with Crippen LogP contribution in [-0.4, -0.2) is 38.6 Å². The fourth-order valence-corrected chi connectivity index (χ4v) is 2.87. The number of benzene rings is 2. The number of rotatable bonds is 8. The molecule has 0 aromatic heterocycles. The number of aliphatic imine (C=N–C) groups is 1. The van der Waals surface area contributed by atoms with Gasteiger partial charge in [0.05, 0.1) is 13.7 Å². The van der Waals surface area contributed by atoms with Crippen LogP contribution in [0.25, 0.3) is 10.8 Å². The fraction of sp³-hybridized carbons (Fsp3) is 0.429. The number of methoxy groups -OCH3 is 1. The quantitative estimate of drug-likeness (QED) is 0.227. The largest absolute Gasteiger partial charge is 0.497 e. The summed E-state index contributed by atoms with van der Waals surface area (Å²) in [5, 5.41) is 11.8. The van der Waals surface area contributed by atoms with Gasteiger partial charge in [0, 0.05) is 25.6 Å². The van der Waals surface area contributed by atoms with Gasteiger partial charge in [-0.15, -0.1) is 24.0 Å². The molecule has 1 aliphatic carbocycles. The van der Waals surface area contributed by atoms with Gasteiger partial charge in [0.25, 0.3) is 0 Å². The Morgan fingerprint density at radius 2 is 1.79 bits per heavy atom. The maximum Gasteiger partial charge on any atom is 0.223 e. The lowest BCUT2D eigenvalue weighted by Crippen LogP contribution is -2.41. The first-order chi connectivity index (χ1) is 13.2. The highest BCUT2D eigenvalue weighted by atomic mass is 127. The third-order valence-electron chi connectivity index (χ3n) is 4.54. The molecule has 0 bridgehead atoms. The molecule has 0 radical (unpaired) electrons. The Kier molecular flexibility index (Phi) is 8.82. The number of hydrogen-bond donors (Lipinski definition) is 3. The molecule has 1 fully saturated rings. The lowest BCUT2D eigenvalue weighted by molar-refractivity contribution is -0.122. The number of hydrogen-bond acceptors (Lipinski definition) is 3. The van der Waals surface area contributed by atoms with E-state index < -0.39 is 0 Å². The van der Waals surface area contributed by atoms with Crippen LogP contribution in [-0.2, 0) is 11.3 Å². The molecule has 0 spiro atoms. The van der Waals surface area contributed by atoms with E-state index in [1.807, 2.05) is 19.1 Å². The summed E-state index contributed by atoms with van der Waals surface area (Å²) >= 11 is 0. The van der Waals surface area contributed by atoms with Crippen molar-refractivity contribution in [3.8, 4) is 5.75 Å². The molecule has 1 amide bonds. The zero-order valence-electron chi connectivity index (χ0n) is 16.5. The topological polar surface area (TPSA) is 74.8 Å². The molecule has 0 unspecified atom stereocenters. The predicted octanol–water partition coefficient (Wildman–Crippen LogP) is 3.05. The number of nitrogens with zero attached hydrogens (tertiary/aromatic N) is 1. The van der Waals surface area contributed by atoms with Crippen LogP contribution < -0.4 is 20.7 Å². The highest BCUT2D eigenvalue weighted by molar-refractivity contribution is 14.0. The minimum Gasteiger partial charge on any atom is -0.497 e. The van der Waals surface area contributed by atoms with E-state index in [9.17, 15) is 4.79 Å². The Morgan fingerprint density at radius 1 is 1.07 bits per heavy atom. The Bertz CT molecular complexity index is 821. The second kappa shape index (κ2) is 11.1. The van der Waals surface area contributed by atoms with Crippen LogP contribution >= 0.6 is 24.0 Å². The average Bonchev–Trinajstić information content (AvgIpc) is 3.54. The van der Waals surface area contributed by atoms with E-state index in [0.717, 1.165) is 42.0 Å². The first-order valence-electron chi connectivity index (χ1n) is 9.56. The van der Waals surface area contributed by atoms with Crippen LogP contribution in [0.3, 0.4) is 0 Å². The van der Waals surface area contributed by atoms with Crippen molar-refractivity contribution in [2.75, 3.05) is 26.7 Å². The molecule has 2 aromatic carbocycles. The average molecular weight is 496 g/mol. The normalized spacial score (nSPS) is 13.6. The summed E-state index contributed by atoms with van der Waals surface area (Å²) in [5.74, 6) is 2.04. The van der Waals surface area contributed by atoms with Gasteiger partial charge in [-0.05, 0) is 54.3 Å². The molecule has 0 saturated heterocycles. The van der Waals surface area contributed by atoms with Crippen molar-refractivity contribution >= 4 is 46.6 Å². The zero-order chi connectivity index (χ0) is 19.1. The van der Waals surface area contributed by atoms with E-state index in [-0.39, 0.29) is 35.8 Å². The molecule has 7 heteroatoms. The van der Waals surface area contributed by atoms with Gasteiger partial charge in [0.15, 0.2) is 5.96 Å². The lowest BCUT2D eigenvalue weighted by atomic mass is 10.1. The summed E-state index contributed by atoms with van der Waals surface area (Å²) in [6.07, 6.45) is 2.06. The molecule has 152 valence electrons. The van der Waals surface area contributed by atoms with Crippen molar-refractivity contribution in [2.24, 2.45) is 10.9 Å². The van der Waals surface area contributed by atoms with E-state index in [4.69, 9.17) is 4.74 Å². The Labute approximate surface area is 183 Å². The molecule has 3 rings (SSSR count). The predicted molar refractivity (Wildman–Crippen MR) is 124 cm³/mol. The summed E-state index contributed by atoms with van der Waals surface area (Å²) in [6.45, 7) is 4.68. The molecule has 6 nitrogen and oxygen atoms in total. The van der Waals surface area contributed by atoms with Crippen molar-refractivity contribution in [3.63, 3.8) is 0 Å². The second-order valence-corrected chi connectivity index (χ2v) is 6.73. The van der Waals surface area contributed by atoms with Gasteiger partial charge < -0.3 is 20.7 Å². The number of carbonyl (C=O) groups is 1. The van der Waals surface area contributed by atoms with Crippen LogP contribution in [0.1, 0.15) is 25.3 Å². The molecule has 0 aliphatic heterocycles.